The number of nitrogens with zero attached hydrogens (tertiary/aromatic N) is 2. The SMILES string of the molecule is NC(=S)C1CCCN1C(=O)C(Cc1cnc[nH]1)NC(=O)C1CCC(=S)N1. The number of hydrogen-bond acceptors (Lipinski definition) is 5. The second kappa shape index (κ2) is 8.09. The molecule has 26 heavy (non-hydrogen) atoms. The van der Waals surface area contributed by atoms with Crippen LogP contribution in [-0.2, 0) is 16.0 Å². The number of rotatable bonds is 6. The number of carbonyl (C=O) groups excluding carboxylic acids is 2. The van der Waals surface area contributed by atoms with E-state index in [1.54, 1.807) is 17.4 Å². The molecule has 2 aliphatic heterocycles. The number of nitrogens with two attached hydrogens (primary N) is 1. The van der Waals surface area contributed by atoms with Crippen LogP contribution in [-0.4, -0.2) is 61.3 Å². The fourth-order valence-electron chi connectivity index (χ4n) is 3.43. The summed E-state index contributed by atoms with van der Waals surface area (Å²) in [4.78, 5) is 35.3. The molecular formula is C16H22N6O2S2. The molecular weight excluding hydrogens is 372 g/mol. The number of aromatic nitrogens is 2. The minimum Gasteiger partial charge on any atom is -0.392 e. The van der Waals surface area contributed by atoms with Crippen LogP contribution in [0.4, 0.5) is 0 Å². The maximum absolute atomic E-state index is 13.1. The second-order valence-corrected chi connectivity index (χ2v) is 7.56. The average Bonchev–Trinajstić information content (AvgIpc) is 3.34. The Kier molecular flexibility index (Phi) is 5.82. The largest absolute Gasteiger partial charge is 0.392 e. The summed E-state index contributed by atoms with van der Waals surface area (Å²) in [6.07, 6.45) is 6.42. The predicted octanol–water partition coefficient (Wildman–Crippen LogP) is -0.206. The van der Waals surface area contributed by atoms with Crippen molar-refractivity contribution < 1.29 is 9.59 Å². The minimum absolute atomic E-state index is 0.177. The van der Waals surface area contributed by atoms with Gasteiger partial charge in [-0.05, 0) is 19.3 Å². The maximum atomic E-state index is 13.1. The van der Waals surface area contributed by atoms with Gasteiger partial charge < -0.3 is 26.3 Å². The molecule has 0 aliphatic carbocycles. The number of imidazole rings is 1. The van der Waals surface area contributed by atoms with Gasteiger partial charge >= 0.3 is 0 Å². The molecule has 2 saturated heterocycles. The van der Waals surface area contributed by atoms with Crippen molar-refractivity contribution in [2.24, 2.45) is 5.73 Å². The summed E-state index contributed by atoms with van der Waals surface area (Å²) < 4.78 is 0. The Balaban J connectivity index is 1.74. The third kappa shape index (κ3) is 4.18. The molecule has 3 heterocycles. The molecule has 2 fully saturated rings. The third-order valence-corrected chi connectivity index (χ3v) is 5.36. The van der Waals surface area contributed by atoms with Gasteiger partial charge in [0.25, 0.3) is 0 Å². The molecule has 140 valence electrons. The Labute approximate surface area is 162 Å². The zero-order valence-corrected chi connectivity index (χ0v) is 15.9. The van der Waals surface area contributed by atoms with Crippen molar-refractivity contribution in [2.45, 2.75) is 50.2 Å². The topological polar surface area (TPSA) is 116 Å². The summed E-state index contributed by atoms with van der Waals surface area (Å²) >= 11 is 10.2. The molecule has 3 rings (SSSR count). The van der Waals surface area contributed by atoms with E-state index < -0.39 is 12.1 Å². The number of aromatic amines is 1. The first-order valence-electron chi connectivity index (χ1n) is 8.62. The lowest BCUT2D eigenvalue weighted by Gasteiger charge is -2.29. The standard InChI is InChI=1S/C16H22N6O2S2/c17-14(26)12-2-1-5-22(12)16(24)11(6-9-7-18-8-19-9)21-15(23)10-3-4-13(25)20-10/h7-8,10-12H,1-6H2,(H2,17,26)(H,18,19)(H,20,25)(H,21,23). The lowest BCUT2D eigenvalue weighted by molar-refractivity contribution is -0.136. The van der Waals surface area contributed by atoms with Crippen molar-refractivity contribution in [1.82, 2.24) is 25.5 Å². The van der Waals surface area contributed by atoms with Crippen LogP contribution in [0.2, 0.25) is 0 Å². The molecule has 0 spiro atoms. The summed E-state index contributed by atoms with van der Waals surface area (Å²) in [5.74, 6) is -0.405. The van der Waals surface area contributed by atoms with Gasteiger partial charge in [0.15, 0.2) is 0 Å². The molecule has 3 atom stereocenters. The lowest BCUT2D eigenvalue weighted by Crippen LogP contribution is -2.55. The molecule has 1 aromatic rings. The Bertz CT molecular complexity index is 708. The predicted molar refractivity (Wildman–Crippen MR) is 104 cm³/mol. The third-order valence-electron chi connectivity index (χ3n) is 4.77. The normalized spacial score (nSPS) is 23.5. The van der Waals surface area contributed by atoms with E-state index in [0.29, 0.717) is 35.8 Å². The van der Waals surface area contributed by atoms with Gasteiger partial charge in [-0.2, -0.15) is 0 Å². The van der Waals surface area contributed by atoms with Gasteiger partial charge in [0.1, 0.15) is 12.1 Å². The minimum atomic E-state index is -0.714. The molecule has 2 aliphatic rings. The van der Waals surface area contributed by atoms with Gasteiger partial charge in [0.2, 0.25) is 11.8 Å². The first kappa shape index (κ1) is 18.7. The Morgan fingerprint density at radius 2 is 2.27 bits per heavy atom. The Hall–Kier alpha value is -2.07. The van der Waals surface area contributed by atoms with E-state index in [1.165, 1.54) is 0 Å². The zero-order chi connectivity index (χ0) is 18.7. The van der Waals surface area contributed by atoms with Gasteiger partial charge in [0, 0.05) is 31.3 Å². The molecule has 8 nitrogen and oxygen atoms in total. The Morgan fingerprint density at radius 1 is 1.46 bits per heavy atom. The smallest absolute Gasteiger partial charge is 0.246 e. The molecule has 10 heteroatoms. The highest BCUT2D eigenvalue weighted by Gasteiger charge is 2.36. The quantitative estimate of drug-likeness (QED) is 0.494. The van der Waals surface area contributed by atoms with Gasteiger partial charge in [-0.25, -0.2) is 4.98 Å². The number of likely N-dealkylation sites (tertiary alicyclic amines) is 1. The second-order valence-electron chi connectivity index (χ2n) is 6.59. The highest BCUT2D eigenvalue weighted by atomic mass is 32.1. The molecule has 1 aromatic heterocycles. The van der Waals surface area contributed by atoms with E-state index >= 15 is 0 Å². The van der Waals surface area contributed by atoms with E-state index in [2.05, 4.69) is 20.6 Å². The number of H-pyrrole nitrogens is 1. The van der Waals surface area contributed by atoms with Crippen LogP contribution in [0.5, 0.6) is 0 Å². The zero-order valence-electron chi connectivity index (χ0n) is 14.2. The summed E-state index contributed by atoms with van der Waals surface area (Å²) in [6, 6.07) is -1.37. The molecule has 5 N–H and O–H groups in total. The fourth-order valence-corrected chi connectivity index (χ4v) is 3.93. The van der Waals surface area contributed by atoms with Crippen molar-refractivity contribution in [1.29, 1.82) is 0 Å². The van der Waals surface area contributed by atoms with Crippen LogP contribution in [0, 0.1) is 0 Å². The molecule has 0 radical (unpaired) electrons. The fraction of sp³-hybridized carbons (Fsp3) is 0.562. The monoisotopic (exact) mass is 394 g/mol. The first-order valence-corrected chi connectivity index (χ1v) is 9.44. The Morgan fingerprint density at radius 3 is 2.88 bits per heavy atom. The average molecular weight is 395 g/mol. The van der Waals surface area contributed by atoms with Gasteiger partial charge in [-0.1, -0.05) is 24.4 Å². The number of hydrogen-bond donors (Lipinski definition) is 4. The number of carbonyl (C=O) groups is 2. The summed E-state index contributed by atoms with van der Waals surface area (Å²) in [6.45, 7) is 0.585. The van der Waals surface area contributed by atoms with Crippen LogP contribution >= 0.6 is 24.4 Å². The van der Waals surface area contributed by atoms with Gasteiger partial charge in [-0.3, -0.25) is 9.59 Å². The van der Waals surface area contributed by atoms with Crippen molar-refractivity contribution >= 4 is 46.2 Å². The number of amides is 2. The number of thiocarbonyl (C=S) groups is 2. The highest BCUT2D eigenvalue weighted by molar-refractivity contribution is 7.80. The summed E-state index contributed by atoms with van der Waals surface area (Å²) in [5.41, 5.74) is 6.56. The van der Waals surface area contributed by atoms with E-state index in [9.17, 15) is 9.59 Å². The molecule has 0 bridgehead atoms. The summed E-state index contributed by atoms with van der Waals surface area (Å²) in [7, 11) is 0. The van der Waals surface area contributed by atoms with Crippen LogP contribution in [0.3, 0.4) is 0 Å². The van der Waals surface area contributed by atoms with E-state index in [4.69, 9.17) is 30.2 Å². The van der Waals surface area contributed by atoms with Crippen LogP contribution < -0.4 is 16.4 Å². The molecule has 0 saturated carbocycles. The van der Waals surface area contributed by atoms with Crippen LogP contribution in [0.1, 0.15) is 31.4 Å². The van der Waals surface area contributed by atoms with Crippen molar-refractivity contribution in [3.05, 3.63) is 18.2 Å². The van der Waals surface area contributed by atoms with E-state index in [0.717, 1.165) is 18.5 Å². The summed E-state index contributed by atoms with van der Waals surface area (Å²) in [5, 5.41) is 5.86. The number of nitrogens with one attached hydrogen (secondary N) is 3. The van der Waals surface area contributed by atoms with Crippen LogP contribution in [0.25, 0.3) is 0 Å². The van der Waals surface area contributed by atoms with Gasteiger partial charge in [0.05, 0.1) is 22.3 Å². The van der Waals surface area contributed by atoms with Crippen molar-refractivity contribution in [3.8, 4) is 0 Å². The van der Waals surface area contributed by atoms with E-state index in [-0.39, 0.29) is 17.9 Å². The molecule has 0 aromatic carbocycles. The van der Waals surface area contributed by atoms with Crippen molar-refractivity contribution in [3.63, 3.8) is 0 Å². The van der Waals surface area contributed by atoms with E-state index in [1.807, 2.05) is 0 Å². The first-order chi connectivity index (χ1) is 12.5. The molecule has 3 unspecified atom stereocenters. The highest BCUT2D eigenvalue weighted by Crippen LogP contribution is 2.20. The van der Waals surface area contributed by atoms with Gasteiger partial charge in [-0.15, -0.1) is 0 Å². The maximum Gasteiger partial charge on any atom is 0.246 e. The van der Waals surface area contributed by atoms with Crippen LogP contribution in [0.15, 0.2) is 12.5 Å². The lowest BCUT2D eigenvalue weighted by atomic mass is 10.1. The molecule has 2 amide bonds. The van der Waals surface area contributed by atoms with Crippen molar-refractivity contribution in [2.75, 3.05) is 6.54 Å².